The summed E-state index contributed by atoms with van der Waals surface area (Å²) in [6, 6.07) is 4.20. The van der Waals surface area contributed by atoms with Crippen LogP contribution in [0.2, 0.25) is 0 Å². The van der Waals surface area contributed by atoms with Gasteiger partial charge >= 0.3 is 0 Å². The minimum Gasteiger partial charge on any atom is -0.482 e. The molecule has 0 aliphatic rings. The summed E-state index contributed by atoms with van der Waals surface area (Å²) in [4.78, 5) is 14.8. The second kappa shape index (κ2) is 5.39. The van der Waals surface area contributed by atoms with Gasteiger partial charge in [-0.15, -0.1) is 0 Å². The average molecular weight is 249 g/mol. The number of para-hydroxylation sites is 1. The largest absolute Gasteiger partial charge is 0.482 e. The fourth-order valence-corrected chi connectivity index (χ4v) is 1.57. The van der Waals surface area contributed by atoms with E-state index in [9.17, 15) is 9.18 Å². The zero-order valence-electron chi connectivity index (χ0n) is 9.84. The maximum atomic E-state index is 13.5. The third kappa shape index (κ3) is 2.37. The van der Waals surface area contributed by atoms with E-state index < -0.39 is 5.82 Å². The Morgan fingerprint density at radius 1 is 1.50 bits per heavy atom. The number of aryl methyl sites for hydroxylation is 1. The highest BCUT2D eigenvalue weighted by Crippen LogP contribution is 2.21. The lowest BCUT2D eigenvalue weighted by molar-refractivity contribution is 0.111. The van der Waals surface area contributed by atoms with Gasteiger partial charge in [0, 0.05) is 6.54 Å². The fourth-order valence-electron chi connectivity index (χ4n) is 1.57. The van der Waals surface area contributed by atoms with Crippen molar-refractivity contribution in [3.63, 3.8) is 0 Å². The van der Waals surface area contributed by atoms with Crippen molar-refractivity contribution in [2.75, 3.05) is 0 Å². The van der Waals surface area contributed by atoms with Crippen LogP contribution in [0.15, 0.2) is 24.5 Å². The number of carbonyl (C=O) groups is 1. The van der Waals surface area contributed by atoms with Crippen LogP contribution in [-0.4, -0.2) is 21.1 Å². The molecule has 2 aromatic rings. The van der Waals surface area contributed by atoms with E-state index in [0.29, 0.717) is 18.7 Å². The van der Waals surface area contributed by atoms with Crippen molar-refractivity contribution in [2.24, 2.45) is 0 Å². The number of nitrogens with zero attached hydrogens (tertiary/aromatic N) is 3. The van der Waals surface area contributed by atoms with Crippen molar-refractivity contribution in [3.8, 4) is 5.75 Å². The number of hydrogen-bond donors (Lipinski definition) is 0. The number of hydrogen-bond acceptors (Lipinski definition) is 4. The number of rotatable bonds is 5. The van der Waals surface area contributed by atoms with E-state index >= 15 is 0 Å². The molecule has 0 N–H and O–H groups in total. The molecule has 94 valence electrons. The maximum Gasteiger partial charge on any atom is 0.166 e. The first-order chi connectivity index (χ1) is 8.76. The number of aldehydes is 1. The molecule has 0 saturated carbocycles. The summed E-state index contributed by atoms with van der Waals surface area (Å²) in [5.41, 5.74) is 0.178. The normalized spacial score (nSPS) is 10.3. The van der Waals surface area contributed by atoms with E-state index in [1.807, 2.05) is 6.92 Å². The highest BCUT2D eigenvalue weighted by atomic mass is 19.1. The molecule has 0 aliphatic heterocycles. The summed E-state index contributed by atoms with van der Waals surface area (Å²) in [6.07, 6.45) is 1.97. The fraction of sp³-hybridized carbons (Fsp3) is 0.250. The van der Waals surface area contributed by atoms with Gasteiger partial charge in [-0.05, 0) is 19.1 Å². The Morgan fingerprint density at radius 3 is 3.06 bits per heavy atom. The number of halogens is 1. The van der Waals surface area contributed by atoms with Crippen molar-refractivity contribution < 1.29 is 13.9 Å². The third-order valence-electron chi connectivity index (χ3n) is 2.47. The predicted octanol–water partition coefficient (Wildman–Crippen LogP) is 1.83. The van der Waals surface area contributed by atoms with E-state index in [2.05, 4.69) is 10.1 Å². The van der Waals surface area contributed by atoms with Crippen molar-refractivity contribution in [2.45, 2.75) is 20.1 Å². The molecule has 2 rings (SSSR count). The van der Waals surface area contributed by atoms with E-state index in [-0.39, 0.29) is 17.9 Å². The molecule has 0 aliphatic carbocycles. The Morgan fingerprint density at radius 2 is 2.33 bits per heavy atom. The average Bonchev–Trinajstić information content (AvgIpc) is 2.84. The minimum absolute atomic E-state index is 0.0573. The topological polar surface area (TPSA) is 57.0 Å². The molecule has 0 bridgehead atoms. The Bertz CT molecular complexity index is 554. The molecule has 0 saturated heterocycles. The monoisotopic (exact) mass is 249 g/mol. The first-order valence-corrected chi connectivity index (χ1v) is 5.49. The van der Waals surface area contributed by atoms with Crippen LogP contribution in [0.3, 0.4) is 0 Å². The molecular formula is C12H12FN3O2. The van der Waals surface area contributed by atoms with E-state index in [4.69, 9.17) is 4.74 Å². The first-order valence-electron chi connectivity index (χ1n) is 5.49. The van der Waals surface area contributed by atoms with Crippen molar-refractivity contribution in [1.82, 2.24) is 14.8 Å². The minimum atomic E-state index is -0.567. The van der Waals surface area contributed by atoms with Gasteiger partial charge in [-0.2, -0.15) is 5.10 Å². The van der Waals surface area contributed by atoms with Gasteiger partial charge < -0.3 is 4.74 Å². The molecule has 5 nitrogen and oxygen atoms in total. The Balaban J connectivity index is 2.18. The molecular weight excluding hydrogens is 237 g/mol. The standard InChI is InChI=1S/C12H12FN3O2/c1-2-16-11(14-8-15-16)7-18-12-9(6-17)4-3-5-10(12)13/h3-6,8H,2,7H2,1H3. The summed E-state index contributed by atoms with van der Waals surface area (Å²) < 4.78 is 20.5. The van der Waals surface area contributed by atoms with E-state index in [1.165, 1.54) is 24.5 Å². The predicted molar refractivity (Wildman–Crippen MR) is 61.8 cm³/mol. The van der Waals surface area contributed by atoms with Crippen LogP contribution >= 0.6 is 0 Å². The molecule has 0 atom stereocenters. The van der Waals surface area contributed by atoms with Gasteiger partial charge in [-0.3, -0.25) is 4.79 Å². The molecule has 0 spiro atoms. The Labute approximate surface area is 103 Å². The van der Waals surface area contributed by atoms with Gasteiger partial charge in [-0.25, -0.2) is 14.1 Å². The summed E-state index contributed by atoms with van der Waals surface area (Å²) in [5.74, 6) is -0.0436. The first kappa shape index (κ1) is 12.2. The van der Waals surface area contributed by atoms with E-state index in [1.54, 1.807) is 4.68 Å². The van der Waals surface area contributed by atoms with Crippen molar-refractivity contribution in [1.29, 1.82) is 0 Å². The number of aromatic nitrogens is 3. The third-order valence-corrected chi connectivity index (χ3v) is 2.47. The maximum absolute atomic E-state index is 13.5. The van der Waals surface area contributed by atoms with Gasteiger partial charge in [-0.1, -0.05) is 6.07 Å². The molecule has 0 radical (unpaired) electrons. The summed E-state index contributed by atoms with van der Waals surface area (Å²) >= 11 is 0. The molecule has 0 unspecified atom stereocenters. The lowest BCUT2D eigenvalue weighted by atomic mass is 10.2. The quantitative estimate of drug-likeness (QED) is 0.758. The summed E-state index contributed by atoms with van der Waals surface area (Å²) in [6.45, 7) is 2.63. The molecule has 6 heteroatoms. The van der Waals surface area contributed by atoms with Crippen LogP contribution in [0.4, 0.5) is 4.39 Å². The van der Waals surface area contributed by atoms with E-state index in [0.717, 1.165) is 0 Å². The second-order valence-corrected chi connectivity index (χ2v) is 3.56. The zero-order chi connectivity index (χ0) is 13.0. The van der Waals surface area contributed by atoms with Gasteiger partial charge in [0.05, 0.1) is 5.56 Å². The molecule has 18 heavy (non-hydrogen) atoms. The molecule has 0 amide bonds. The van der Waals surface area contributed by atoms with Crippen LogP contribution in [-0.2, 0) is 13.2 Å². The smallest absolute Gasteiger partial charge is 0.166 e. The van der Waals surface area contributed by atoms with Crippen molar-refractivity contribution >= 4 is 6.29 Å². The van der Waals surface area contributed by atoms with Crippen LogP contribution in [0.25, 0.3) is 0 Å². The van der Waals surface area contributed by atoms with Crippen molar-refractivity contribution in [3.05, 3.63) is 41.7 Å². The lowest BCUT2D eigenvalue weighted by Gasteiger charge is -2.09. The van der Waals surface area contributed by atoms with Gasteiger partial charge in [0.25, 0.3) is 0 Å². The van der Waals surface area contributed by atoms with Crippen LogP contribution in [0.5, 0.6) is 5.75 Å². The van der Waals surface area contributed by atoms with Crippen LogP contribution in [0.1, 0.15) is 23.1 Å². The SMILES string of the molecule is CCn1ncnc1COc1c(F)cccc1C=O. The Hall–Kier alpha value is -2.24. The lowest BCUT2D eigenvalue weighted by Crippen LogP contribution is -2.08. The molecule has 1 heterocycles. The molecule has 1 aromatic carbocycles. The highest BCUT2D eigenvalue weighted by Gasteiger charge is 2.11. The van der Waals surface area contributed by atoms with Crippen LogP contribution in [0, 0.1) is 5.82 Å². The Kier molecular flexibility index (Phi) is 3.66. The number of benzene rings is 1. The summed E-state index contributed by atoms with van der Waals surface area (Å²) in [5, 5.41) is 3.97. The number of carbonyl (C=O) groups excluding carboxylic acids is 1. The van der Waals surface area contributed by atoms with Gasteiger partial charge in [0.15, 0.2) is 23.7 Å². The molecule has 0 fully saturated rings. The van der Waals surface area contributed by atoms with Gasteiger partial charge in [0.2, 0.25) is 0 Å². The second-order valence-electron chi connectivity index (χ2n) is 3.56. The zero-order valence-corrected chi connectivity index (χ0v) is 9.84. The van der Waals surface area contributed by atoms with Gasteiger partial charge in [0.1, 0.15) is 12.9 Å². The van der Waals surface area contributed by atoms with Crippen LogP contribution < -0.4 is 4.74 Å². The molecule has 1 aromatic heterocycles. The number of ether oxygens (including phenoxy) is 1. The highest BCUT2D eigenvalue weighted by molar-refractivity contribution is 5.79. The summed E-state index contributed by atoms with van der Waals surface area (Å²) in [7, 11) is 0.